The molecule has 6 aliphatic heterocycles. The quantitative estimate of drug-likeness (QED) is 0.190. The summed E-state index contributed by atoms with van der Waals surface area (Å²) in [4.78, 5) is 87.1. The van der Waals surface area contributed by atoms with Gasteiger partial charge in [0.05, 0.1) is 60.7 Å². The van der Waals surface area contributed by atoms with Gasteiger partial charge in [0, 0.05) is 97.5 Å². The van der Waals surface area contributed by atoms with Crippen LogP contribution in [0.2, 0.25) is 0 Å². The molecule has 0 aliphatic carbocycles. The number of hydrogen-bond acceptors (Lipinski definition) is 12. The van der Waals surface area contributed by atoms with Crippen molar-refractivity contribution in [1.29, 1.82) is 0 Å². The monoisotopic (exact) mass is 973 g/mol. The van der Waals surface area contributed by atoms with E-state index in [-0.39, 0.29) is 60.8 Å². The molecule has 360 valence electrons. The third kappa shape index (κ3) is 7.45. The van der Waals surface area contributed by atoms with Gasteiger partial charge in [-0.15, -0.1) is 11.3 Å². The molecule has 6 aromatic rings. The number of alkyl halides is 2. The number of fused-ring (bicyclic) bond motifs is 3. The average Bonchev–Trinajstić information content (AvgIpc) is 4.16. The van der Waals surface area contributed by atoms with Crippen LogP contribution >= 0.6 is 11.3 Å². The highest BCUT2D eigenvalue weighted by Crippen LogP contribution is 2.45. The normalized spacial score (nSPS) is 20.9. The highest BCUT2D eigenvalue weighted by molar-refractivity contribution is 7.13. The fraction of sp³-hybridized carbons (Fsp3) is 0.396. The van der Waals surface area contributed by atoms with E-state index in [4.69, 9.17) is 0 Å². The number of carbonyl (C=O) groups is 5. The predicted octanol–water partition coefficient (Wildman–Crippen LogP) is 4.93. The standard InChI is InChI=1S/C48H46F3N13O5S/c1-58-37-17-27(4-6-30(37)42(57-58)63-13-9-38(65)55-46(63)69)33-8-12-59(25-48(33,50)51)20-39(66)62-23-47(24-62)21-61(22-47)29-5-7-35(53-18-29)28-15-31-32(34(49)16-28)19-64(44(31)68)41(43(67)56-45-52-10-14-70-45)40-36-3-2-11-60(36)26-54-40/h4-7,10,14-18,26,33,41H,2-3,8-9,11-13,19-25H2,1H3,(H,52,56,67)(H,55,65,69). The fourth-order valence-corrected chi connectivity index (χ4v) is 11.8. The number of imidazole rings is 1. The summed E-state index contributed by atoms with van der Waals surface area (Å²) in [6.07, 6.45) is 6.86. The summed E-state index contributed by atoms with van der Waals surface area (Å²) in [6, 6.07) is 10.0. The minimum Gasteiger partial charge on any atom is -0.369 e. The van der Waals surface area contributed by atoms with Crippen molar-refractivity contribution in [3.8, 4) is 11.3 Å². The number of hydrogen-bond donors (Lipinski definition) is 2. The maximum atomic E-state index is 15.9. The van der Waals surface area contributed by atoms with Gasteiger partial charge in [0.15, 0.2) is 17.0 Å². The van der Waals surface area contributed by atoms with Gasteiger partial charge in [0.2, 0.25) is 11.8 Å². The van der Waals surface area contributed by atoms with Crippen LogP contribution in [0.3, 0.4) is 0 Å². The Morgan fingerprint density at radius 1 is 0.971 bits per heavy atom. The van der Waals surface area contributed by atoms with Crippen LogP contribution in [-0.2, 0) is 40.9 Å². The highest BCUT2D eigenvalue weighted by atomic mass is 32.1. The Labute approximate surface area is 402 Å². The second-order valence-electron chi connectivity index (χ2n) is 19.3. The maximum absolute atomic E-state index is 15.9. The number of imide groups is 1. The molecule has 4 saturated heterocycles. The summed E-state index contributed by atoms with van der Waals surface area (Å²) >= 11 is 1.25. The van der Waals surface area contributed by atoms with Crippen molar-refractivity contribution in [3.05, 3.63) is 100 Å². The van der Waals surface area contributed by atoms with Crippen LogP contribution in [0.1, 0.15) is 64.1 Å². The first-order valence-electron chi connectivity index (χ1n) is 23.3. The number of piperidine rings is 1. The van der Waals surface area contributed by atoms with Crippen molar-refractivity contribution in [2.24, 2.45) is 12.5 Å². The Kier molecular flexibility index (Phi) is 10.4. The van der Waals surface area contributed by atoms with Crippen molar-refractivity contribution < 1.29 is 37.1 Å². The van der Waals surface area contributed by atoms with Gasteiger partial charge in [0.1, 0.15) is 5.82 Å². The first kappa shape index (κ1) is 44.0. The minimum absolute atomic E-state index is 0.0968. The number of nitrogens with one attached hydrogen (secondary N) is 2. The number of benzene rings is 2. The van der Waals surface area contributed by atoms with E-state index in [0.29, 0.717) is 83.5 Å². The molecule has 4 fully saturated rings. The number of nitrogens with zero attached hydrogens (tertiary/aromatic N) is 11. The topological polar surface area (TPSA) is 187 Å². The van der Waals surface area contributed by atoms with Gasteiger partial charge in [-0.25, -0.2) is 27.9 Å². The molecule has 22 heteroatoms. The van der Waals surface area contributed by atoms with Crippen LogP contribution in [-0.4, -0.2) is 132 Å². The molecule has 0 saturated carbocycles. The van der Waals surface area contributed by atoms with E-state index in [1.807, 2.05) is 10.6 Å². The molecule has 10 heterocycles. The predicted molar refractivity (Wildman–Crippen MR) is 250 cm³/mol. The SMILES string of the molecule is Cn1nc(N2CCC(=O)NC2=O)c2ccc(C3CCN(CC(=O)N4CC5(C4)CN(c4ccc(-c6cc(F)c7c(c6)C(=O)N(C(C(=O)Nc6nccs6)c6ncn8c6CCC8)C7)nc4)C5)CC3(F)F)cc21. The summed E-state index contributed by atoms with van der Waals surface area (Å²) in [6.45, 7) is 2.93. The molecule has 6 aliphatic rings. The van der Waals surface area contributed by atoms with Crippen LogP contribution in [0.4, 0.5) is 34.6 Å². The molecule has 4 aromatic heterocycles. The van der Waals surface area contributed by atoms with Crippen molar-refractivity contribution in [2.45, 2.75) is 56.7 Å². The first-order valence-corrected chi connectivity index (χ1v) is 24.1. The minimum atomic E-state index is -3.10. The van der Waals surface area contributed by atoms with E-state index < -0.39 is 48.1 Å². The molecule has 70 heavy (non-hydrogen) atoms. The first-order chi connectivity index (χ1) is 33.7. The van der Waals surface area contributed by atoms with E-state index in [0.717, 1.165) is 24.3 Å². The zero-order valence-electron chi connectivity index (χ0n) is 37.9. The number of anilines is 3. The van der Waals surface area contributed by atoms with Crippen molar-refractivity contribution in [2.75, 3.05) is 67.5 Å². The van der Waals surface area contributed by atoms with E-state index in [2.05, 4.69) is 35.6 Å². The van der Waals surface area contributed by atoms with E-state index in [9.17, 15) is 24.0 Å². The molecule has 6 amide bonds. The zero-order chi connectivity index (χ0) is 48.2. The Morgan fingerprint density at radius 3 is 2.57 bits per heavy atom. The average molecular weight is 974 g/mol. The lowest BCUT2D eigenvalue weighted by Gasteiger charge is -2.61. The second-order valence-corrected chi connectivity index (χ2v) is 20.2. The second kappa shape index (κ2) is 16.5. The van der Waals surface area contributed by atoms with Gasteiger partial charge in [0.25, 0.3) is 17.7 Å². The summed E-state index contributed by atoms with van der Waals surface area (Å²) < 4.78 is 51.2. The van der Waals surface area contributed by atoms with Crippen LogP contribution in [0.5, 0.6) is 0 Å². The van der Waals surface area contributed by atoms with Gasteiger partial charge in [-0.2, -0.15) is 5.10 Å². The summed E-state index contributed by atoms with van der Waals surface area (Å²) in [5.74, 6) is -5.88. The lowest BCUT2D eigenvalue weighted by atomic mass is 9.72. The van der Waals surface area contributed by atoms with Crippen LogP contribution in [0.25, 0.3) is 22.2 Å². The molecular formula is C48H46F3N13O5S. The molecule has 2 aromatic carbocycles. The third-order valence-corrected chi connectivity index (χ3v) is 15.4. The van der Waals surface area contributed by atoms with Gasteiger partial charge < -0.3 is 19.3 Å². The van der Waals surface area contributed by atoms with Crippen LogP contribution < -0.4 is 20.4 Å². The van der Waals surface area contributed by atoms with E-state index in [1.54, 1.807) is 71.1 Å². The molecule has 12 rings (SSSR count). The Balaban J connectivity index is 0.651. The number of thiazole rings is 1. The van der Waals surface area contributed by atoms with E-state index >= 15 is 13.2 Å². The fourth-order valence-electron chi connectivity index (χ4n) is 11.3. The Morgan fingerprint density at radius 2 is 1.81 bits per heavy atom. The van der Waals surface area contributed by atoms with Gasteiger partial charge in [-0.3, -0.25) is 49.3 Å². The number of halogens is 3. The number of amides is 6. The largest absolute Gasteiger partial charge is 0.369 e. The number of aromatic nitrogens is 6. The molecule has 2 atom stereocenters. The smallest absolute Gasteiger partial charge is 0.329 e. The number of carbonyl (C=O) groups excluding carboxylic acids is 5. The summed E-state index contributed by atoms with van der Waals surface area (Å²) in [5.41, 5.74) is 4.41. The van der Waals surface area contributed by atoms with Crippen molar-refractivity contribution in [3.63, 3.8) is 0 Å². The lowest BCUT2D eigenvalue weighted by molar-refractivity contribution is -0.149. The number of rotatable bonds is 10. The number of pyridine rings is 1. The maximum Gasteiger partial charge on any atom is 0.329 e. The van der Waals surface area contributed by atoms with Gasteiger partial charge >= 0.3 is 6.03 Å². The molecular weight excluding hydrogens is 928 g/mol. The lowest BCUT2D eigenvalue weighted by Crippen LogP contribution is -2.73. The van der Waals surface area contributed by atoms with Crippen LogP contribution in [0.15, 0.2) is 66.6 Å². The summed E-state index contributed by atoms with van der Waals surface area (Å²) in [7, 11) is 1.68. The number of urea groups is 1. The third-order valence-electron chi connectivity index (χ3n) is 14.8. The molecule has 0 bridgehead atoms. The molecule has 18 nitrogen and oxygen atoms in total. The zero-order valence-corrected chi connectivity index (χ0v) is 38.7. The van der Waals surface area contributed by atoms with Crippen molar-refractivity contribution >= 4 is 68.5 Å². The van der Waals surface area contributed by atoms with E-state index in [1.165, 1.54) is 32.1 Å². The number of aryl methyl sites for hydroxylation is 2. The molecule has 1 spiro atoms. The number of likely N-dealkylation sites (tertiary alicyclic amines) is 2. The van der Waals surface area contributed by atoms with Gasteiger partial charge in [-0.1, -0.05) is 6.07 Å². The molecule has 0 radical (unpaired) electrons. The van der Waals surface area contributed by atoms with Gasteiger partial charge in [-0.05, 0) is 67.8 Å². The Bertz CT molecular complexity index is 3140. The molecule has 2 unspecified atom stereocenters. The van der Waals surface area contributed by atoms with Crippen LogP contribution in [0, 0.1) is 11.2 Å². The highest BCUT2D eigenvalue weighted by Gasteiger charge is 2.54. The van der Waals surface area contributed by atoms with Crippen molar-refractivity contribution in [1.82, 2.24) is 49.3 Å². The Hall–Kier alpha value is -7.20. The summed E-state index contributed by atoms with van der Waals surface area (Å²) in [5, 5.41) is 12.3. The molecule has 2 N–H and O–H groups in total.